The first-order chi connectivity index (χ1) is 13.3. The molecule has 2 rings (SSSR count). The fraction of sp³-hybridized carbons (Fsp3) is 0.421. The minimum absolute atomic E-state index is 0.186. The van der Waals surface area contributed by atoms with Gasteiger partial charge in [0.05, 0.1) is 17.5 Å². The van der Waals surface area contributed by atoms with E-state index in [2.05, 4.69) is 15.7 Å². The summed E-state index contributed by atoms with van der Waals surface area (Å²) in [6, 6.07) is 6.11. The molecule has 1 aromatic heterocycles. The average Bonchev–Trinajstić information content (AvgIpc) is 2.68. The van der Waals surface area contributed by atoms with Gasteiger partial charge in [-0.05, 0) is 19.4 Å². The van der Waals surface area contributed by atoms with Crippen LogP contribution in [0.15, 0.2) is 29.1 Å². The van der Waals surface area contributed by atoms with Crippen molar-refractivity contribution in [2.24, 2.45) is 7.05 Å². The van der Waals surface area contributed by atoms with E-state index in [1.807, 2.05) is 6.92 Å². The van der Waals surface area contributed by atoms with Crippen LogP contribution in [0.1, 0.15) is 26.0 Å². The van der Waals surface area contributed by atoms with Crippen molar-refractivity contribution in [2.45, 2.75) is 32.7 Å². The van der Waals surface area contributed by atoms with Gasteiger partial charge in [-0.25, -0.2) is 4.68 Å². The smallest absolute Gasteiger partial charge is 0.312 e. The molecule has 28 heavy (non-hydrogen) atoms. The van der Waals surface area contributed by atoms with Crippen molar-refractivity contribution in [1.82, 2.24) is 20.4 Å². The number of rotatable bonds is 8. The summed E-state index contributed by atoms with van der Waals surface area (Å²) in [5.74, 6) is -1.54. The van der Waals surface area contributed by atoms with Crippen LogP contribution in [0.25, 0.3) is 10.8 Å². The number of ether oxygens (including phenoxy) is 1. The maximum Gasteiger partial charge on any atom is 0.312 e. The third-order valence-electron chi connectivity index (χ3n) is 4.03. The maximum absolute atomic E-state index is 12.1. The molecule has 0 spiro atoms. The molecular weight excluding hydrogens is 364 g/mol. The summed E-state index contributed by atoms with van der Waals surface area (Å²) in [6.45, 7) is 3.49. The van der Waals surface area contributed by atoms with Crippen LogP contribution in [-0.4, -0.2) is 46.8 Å². The van der Waals surface area contributed by atoms with Gasteiger partial charge in [-0.15, -0.1) is 0 Å². The summed E-state index contributed by atoms with van der Waals surface area (Å²) in [5.41, 5.74) is 0.123. The van der Waals surface area contributed by atoms with Gasteiger partial charge in [-0.3, -0.25) is 19.2 Å². The van der Waals surface area contributed by atoms with E-state index in [-0.39, 0.29) is 17.9 Å². The molecule has 2 aromatic rings. The lowest BCUT2D eigenvalue weighted by Crippen LogP contribution is -2.46. The van der Waals surface area contributed by atoms with Crippen molar-refractivity contribution in [1.29, 1.82) is 0 Å². The number of hydrogen-bond donors (Lipinski definition) is 2. The first-order valence-corrected chi connectivity index (χ1v) is 9.01. The molecule has 2 N–H and O–H groups in total. The first kappa shape index (κ1) is 21.1. The Bertz CT molecular complexity index is 938. The van der Waals surface area contributed by atoms with Crippen LogP contribution in [0.4, 0.5) is 0 Å². The van der Waals surface area contributed by atoms with E-state index in [1.165, 1.54) is 7.05 Å². The second-order valence-electron chi connectivity index (χ2n) is 6.34. The molecule has 0 aliphatic rings. The van der Waals surface area contributed by atoms with Crippen molar-refractivity contribution in [3.05, 3.63) is 40.3 Å². The van der Waals surface area contributed by atoms with E-state index < -0.39 is 24.5 Å². The largest absolute Gasteiger partial charge is 0.455 e. The minimum Gasteiger partial charge on any atom is -0.455 e. The Balaban J connectivity index is 1.94. The lowest BCUT2D eigenvalue weighted by molar-refractivity contribution is -0.148. The molecule has 2 amide bonds. The van der Waals surface area contributed by atoms with E-state index in [0.29, 0.717) is 23.0 Å². The highest BCUT2D eigenvalue weighted by atomic mass is 16.5. The summed E-state index contributed by atoms with van der Waals surface area (Å²) >= 11 is 0. The Morgan fingerprint density at radius 2 is 1.89 bits per heavy atom. The SMILES string of the molecule is CCCNC(=O)[C@H](C)NC(=O)COC(=O)Cc1nn(C)c(=O)c2ccccc12. The van der Waals surface area contributed by atoms with E-state index in [1.54, 1.807) is 31.2 Å². The highest BCUT2D eigenvalue weighted by Gasteiger charge is 2.17. The number of benzene rings is 1. The summed E-state index contributed by atoms with van der Waals surface area (Å²) in [6.07, 6.45) is 0.603. The summed E-state index contributed by atoms with van der Waals surface area (Å²) in [5, 5.41) is 10.3. The number of nitrogens with one attached hydrogen (secondary N) is 2. The molecule has 9 heteroatoms. The standard InChI is InChI=1S/C19H24N4O5/c1-4-9-20-18(26)12(2)21-16(24)11-28-17(25)10-15-13-7-5-6-8-14(13)19(27)23(3)22-15/h5-8,12H,4,9-11H2,1-3H3,(H,20,26)(H,21,24)/t12-/m0/s1. The molecule has 0 aliphatic carbocycles. The van der Waals surface area contributed by atoms with Crippen LogP contribution in [-0.2, 0) is 32.6 Å². The maximum atomic E-state index is 12.1. The van der Waals surface area contributed by atoms with Gasteiger partial charge in [0.2, 0.25) is 5.91 Å². The monoisotopic (exact) mass is 388 g/mol. The molecule has 0 fully saturated rings. The van der Waals surface area contributed by atoms with E-state index in [0.717, 1.165) is 11.1 Å². The molecule has 1 aromatic carbocycles. The average molecular weight is 388 g/mol. The fourth-order valence-electron chi connectivity index (χ4n) is 2.59. The van der Waals surface area contributed by atoms with Gasteiger partial charge in [0, 0.05) is 19.0 Å². The van der Waals surface area contributed by atoms with Gasteiger partial charge in [-0.2, -0.15) is 5.10 Å². The molecular formula is C19H24N4O5. The van der Waals surface area contributed by atoms with Gasteiger partial charge < -0.3 is 15.4 Å². The Kier molecular flexibility index (Phi) is 7.25. The molecule has 150 valence electrons. The number of amides is 2. The number of esters is 1. The van der Waals surface area contributed by atoms with Crippen LogP contribution in [0.3, 0.4) is 0 Å². The number of carbonyl (C=O) groups excluding carboxylic acids is 3. The van der Waals surface area contributed by atoms with Gasteiger partial charge in [0.15, 0.2) is 6.61 Å². The molecule has 1 atom stereocenters. The Labute approximate surface area is 162 Å². The summed E-state index contributed by atoms with van der Waals surface area (Å²) in [4.78, 5) is 47.8. The zero-order valence-electron chi connectivity index (χ0n) is 16.2. The van der Waals surface area contributed by atoms with E-state index >= 15 is 0 Å². The highest BCUT2D eigenvalue weighted by Crippen LogP contribution is 2.13. The summed E-state index contributed by atoms with van der Waals surface area (Å²) < 4.78 is 6.14. The molecule has 1 heterocycles. The normalized spacial score (nSPS) is 11.7. The van der Waals surface area contributed by atoms with E-state index in [4.69, 9.17) is 4.74 Å². The van der Waals surface area contributed by atoms with Gasteiger partial charge in [0.25, 0.3) is 11.5 Å². The quantitative estimate of drug-likeness (QED) is 0.617. The Morgan fingerprint density at radius 1 is 1.21 bits per heavy atom. The highest BCUT2D eigenvalue weighted by molar-refractivity contribution is 5.89. The second-order valence-corrected chi connectivity index (χ2v) is 6.34. The molecule has 0 bridgehead atoms. The Hall–Kier alpha value is -3.23. The lowest BCUT2D eigenvalue weighted by Gasteiger charge is -2.14. The number of fused-ring (bicyclic) bond motifs is 1. The van der Waals surface area contributed by atoms with Crippen LogP contribution in [0.5, 0.6) is 0 Å². The topological polar surface area (TPSA) is 119 Å². The molecule has 0 radical (unpaired) electrons. The van der Waals surface area contributed by atoms with Crippen molar-refractivity contribution in [2.75, 3.05) is 13.2 Å². The van der Waals surface area contributed by atoms with Crippen molar-refractivity contribution < 1.29 is 19.1 Å². The predicted molar refractivity (Wildman–Crippen MR) is 103 cm³/mol. The molecule has 0 saturated carbocycles. The number of carbonyl (C=O) groups is 3. The van der Waals surface area contributed by atoms with Crippen LogP contribution >= 0.6 is 0 Å². The van der Waals surface area contributed by atoms with E-state index in [9.17, 15) is 19.2 Å². The van der Waals surface area contributed by atoms with Crippen molar-refractivity contribution >= 4 is 28.6 Å². The molecule has 9 nitrogen and oxygen atoms in total. The van der Waals surface area contributed by atoms with Crippen LogP contribution < -0.4 is 16.2 Å². The summed E-state index contributed by atoms with van der Waals surface area (Å²) in [7, 11) is 1.50. The van der Waals surface area contributed by atoms with Gasteiger partial charge in [0.1, 0.15) is 6.04 Å². The Morgan fingerprint density at radius 3 is 2.57 bits per heavy atom. The lowest BCUT2D eigenvalue weighted by atomic mass is 10.1. The molecule has 0 saturated heterocycles. The minimum atomic E-state index is -0.730. The zero-order valence-corrected chi connectivity index (χ0v) is 16.2. The number of nitrogens with zero attached hydrogens (tertiary/aromatic N) is 2. The van der Waals surface area contributed by atoms with Gasteiger partial charge in [-0.1, -0.05) is 25.1 Å². The van der Waals surface area contributed by atoms with Crippen molar-refractivity contribution in [3.63, 3.8) is 0 Å². The third kappa shape index (κ3) is 5.38. The molecule has 0 aliphatic heterocycles. The fourth-order valence-corrected chi connectivity index (χ4v) is 2.59. The number of aromatic nitrogens is 2. The second kappa shape index (κ2) is 9.63. The number of aryl methyl sites for hydroxylation is 1. The van der Waals surface area contributed by atoms with Crippen LogP contribution in [0, 0.1) is 0 Å². The predicted octanol–water partition coefficient (Wildman–Crippen LogP) is 0.0501. The van der Waals surface area contributed by atoms with Gasteiger partial charge >= 0.3 is 5.97 Å². The zero-order chi connectivity index (χ0) is 20.7. The number of hydrogen-bond acceptors (Lipinski definition) is 6. The van der Waals surface area contributed by atoms with Crippen LogP contribution in [0.2, 0.25) is 0 Å². The third-order valence-corrected chi connectivity index (χ3v) is 4.03. The first-order valence-electron chi connectivity index (χ1n) is 9.01. The molecule has 0 unspecified atom stereocenters. The van der Waals surface area contributed by atoms with Crippen molar-refractivity contribution in [3.8, 4) is 0 Å².